The van der Waals surface area contributed by atoms with E-state index in [1.807, 2.05) is 19.1 Å². The van der Waals surface area contributed by atoms with Crippen LogP contribution in [0.5, 0.6) is 5.75 Å². The zero-order valence-electron chi connectivity index (χ0n) is 12.2. The van der Waals surface area contributed by atoms with Crippen LogP contribution >= 0.6 is 0 Å². The standard InChI is InChI=1S/C15H25N3O/c1-4-17-9-10-18(11-12(17)3)13-7-6-8-14(15(13)16)19-5-2/h6-8,12H,4-5,9-11,16H2,1-3H3. The first-order valence-electron chi connectivity index (χ1n) is 7.17. The second kappa shape index (κ2) is 6.15. The van der Waals surface area contributed by atoms with Crippen molar-refractivity contribution in [1.82, 2.24) is 4.90 Å². The van der Waals surface area contributed by atoms with E-state index in [9.17, 15) is 0 Å². The third-order valence-corrected chi connectivity index (χ3v) is 3.85. The van der Waals surface area contributed by atoms with Gasteiger partial charge in [0.25, 0.3) is 0 Å². The number of hydrogen-bond donors (Lipinski definition) is 1. The largest absolute Gasteiger partial charge is 0.492 e. The number of anilines is 2. The van der Waals surface area contributed by atoms with Crippen molar-refractivity contribution < 1.29 is 4.74 Å². The summed E-state index contributed by atoms with van der Waals surface area (Å²) in [6.07, 6.45) is 0. The van der Waals surface area contributed by atoms with E-state index in [1.165, 1.54) is 0 Å². The van der Waals surface area contributed by atoms with Gasteiger partial charge in [0.1, 0.15) is 5.75 Å². The number of hydrogen-bond acceptors (Lipinski definition) is 4. The van der Waals surface area contributed by atoms with Crippen LogP contribution in [0.4, 0.5) is 11.4 Å². The topological polar surface area (TPSA) is 41.7 Å². The Hall–Kier alpha value is -1.42. The van der Waals surface area contributed by atoms with E-state index in [2.05, 4.69) is 29.7 Å². The third-order valence-electron chi connectivity index (χ3n) is 3.85. The number of nitrogens with zero attached hydrogens (tertiary/aromatic N) is 2. The van der Waals surface area contributed by atoms with E-state index < -0.39 is 0 Å². The van der Waals surface area contributed by atoms with Crippen molar-refractivity contribution in [3.8, 4) is 5.75 Å². The van der Waals surface area contributed by atoms with Crippen molar-refractivity contribution >= 4 is 11.4 Å². The smallest absolute Gasteiger partial charge is 0.144 e. The maximum Gasteiger partial charge on any atom is 0.144 e. The lowest BCUT2D eigenvalue weighted by molar-refractivity contribution is 0.199. The summed E-state index contributed by atoms with van der Waals surface area (Å²) in [6.45, 7) is 11.4. The molecule has 0 amide bonds. The number of benzene rings is 1. The van der Waals surface area contributed by atoms with Gasteiger partial charge in [-0.3, -0.25) is 4.90 Å². The predicted molar refractivity (Wildman–Crippen MR) is 80.9 cm³/mol. The number of ether oxygens (including phenoxy) is 1. The van der Waals surface area contributed by atoms with Crippen LogP contribution in [0.25, 0.3) is 0 Å². The molecule has 4 heteroatoms. The molecule has 1 aromatic rings. The second-order valence-corrected chi connectivity index (χ2v) is 5.05. The average molecular weight is 263 g/mol. The number of piperazine rings is 1. The second-order valence-electron chi connectivity index (χ2n) is 5.05. The summed E-state index contributed by atoms with van der Waals surface area (Å²) in [6, 6.07) is 6.61. The Bertz CT molecular complexity index is 422. The Morgan fingerprint density at radius 1 is 1.32 bits per heavy atom. The van der Waals surface area contributed by atoms with Gasteiger partial charge in [-0.05, 0) is 32.5 Å². The van der Waals surface area contributed by atoms with Crippen molar-refractivity contribution in [2.24, 2.45) is 0 Å². The molecule has 2 N–H and O–H groups in total. The highest BCUT2D eigenvalue weighted by molar-refractivity contribution is 5.74. The van der Waals surface area contributed by atoms with Gasteiger partial charge in [-0.15, -0.1) is 0 Å². The van der Waals surface area contributed by atoms with Gasteiger partial charge >= 0.3 is 0 Å². The van der Waals surface area contributed by atoms with Gasteiger partial charge in [-0.25, -0.2) is 0 Å². The minimum Gasteiger partial charge on any atom is -0.492 e. The molecule has 1 aromatic carbocycles. The van der Waals surface area contributed by atoms with Crippen molar-refractivity contribution in [2.75, 3.05) is 43.4 Å². The molecular weight excluding hydrogens is 238 g/mol. The van der Waals surface area contributed by atoms with Crippen LogP contribution in [-0.2, 0) is 0 Å². The van der Waals surface area contributed by atoms with Crippen molar-refractivity contribution in [1.29, 1.82) is 0 Å². The molecule has 1 fully saturated rings. The fraction of sp³-hybridized carbons (Fsp3) is 0.600. The summed E-state index contributed by atoms with van der Waals surface area (Å²) in [5, 5.41) is 0. The monoisotopic (exact) mass is 263 g/mol. The van der Waals surface area contributed by atoms with Gasteiger partial charge in [0.05, 0.1) is 18.0 Å². The van der Waals surface area contributed by atoms with Crippen LogP contribution in [0.3, 0.4) is 0 Å². The Morgan fingerprint density at radius 2 is 2.11 bits per heavy atom. The number of nitrogens with two attached hydrogens (primary N) is 1. The number of likely N-dealkylation sites (N-methyl/N-ethyl adjacent to an activating group) is 1. The maximum atomic E-state index is 6.23. The Labute approximate surface area is 116 Å². The lowest BCUT2D eigenvalue weighted by Crippen LogP contribution is -2.51. The van der Waals surface area contributed by atoms with E-state index in [0.717, 1.165) is 43.3 Å². The molecule has 0 aromatic heterocycles. The molecule has 2 rings (SSSR count). The molecule has 0 spiro atoms. The van der Waals surface area contributed by atoms with Gasteiger partial charge in [-0.1, -0.05) is 13.0 Å². The fourth-order valence-electron chi connectivity index (χ4n) is 2.77. The van der Waals surface area contributed by atoms with E-state index in [1.54, 1.807) is 0 Å². The van der Waals surface area contributed by atoms with Crippen LogP contribution in [0.15, 0.2) is 18.2 Å². The molecule has 106 valence electrons. The summed E-state index contributed by atoms with van der Waals surface area (Å²) < 4.78 is 5.58. The summed E-state index contributed by atoms with van der Waals surface area (Å²) in [7, 11) is 0. The van der Waals surface area contributed by atoms with Gasteiger partial charge in [-0.2, -0.15) is 0 Å². The minimum absolute atomic E-state index is 0.564. The molecule has 4 nitrogen and oxygen atoms in total. The molecule has 0 aliphatic carbocycles. The highest BCUT2D eigenvalue weighted by Crippen LogP contribution is 2.33. The van der Waals surface area contributed by atoms with Gasteiger partial charge in [0, 0.05) is 25.7 Å². The quantitative estimate of drug-likeness (QED) is 0.846. The first-order valence-corrected chi connectivity index (χ1v) is 7.17. The summed E-state index contributed by atoms with van der Waals surface area (Å²) >= 11 is 0. The van der Waals surface area contributed by atoms with Crippen molar-refractivity contribution in [3.05, 3.63) is 18.2 Å². The Morgan fingerprint density at radius 3 is 2.74 bits per heavy atom. The van der Waals surface area contributed by atoms with E-state index in [4.69, 9.17) is 10.5 Å². The first kappa shape index (κ1) is 14.0. The van der Waals surface area contributed by atoms with E-state index >= 15 is 0 Å². The van der Waals surface area contributed by atoms with Gasteiger partial charge in [0.15, 0.2) is 0 Å². The van der Waals surface area contributed by atoms with Crippen LogP contribution in [0.2, 0.25) is 0 Å². The van der Waals surface area contributed by atoms with Crippen molar-refractivity contribution in [2.45, 2.75) is 26.8 Å². The molecule has 0 bridgehead atoms. The Kier molecular flexibility index (Phi) is 4.53. The summed E-state index contributed by atoms with van der Waals surface area (Å²) in [5.41, 5.74) is 8.10. The average Bonchev–Trinajstić information content (AvgIpc) is 2.41. The summed E-state index contributed by atoms with van der Waals surface area (Å²) in [4.78, 5) is 4.87. The SMILES string of the molecule is CCOc1cccc(N2CCN(CC)C(C)C2)c1N. The zero-order chi connectivity index (χ0) is 13.8. The van der Waals surface area contributed by atoms with E-state index in [-0.39, 0.29) is 0 Å². The molecule has 1 atom stereocenters. The van der Waals surface area contributed by atoms with Gasteiger partial charge in [0.2, 0.25) is 0 Å². The number of rotatable bonds is 4. The molecule has 1 saturated heterocycles. The van der Waals surface area contributed by atoms with E-state index in [0.29, 0.717) is 12.6 Å². The van der Waals surface area contributed by atoms with Crippen molar-refractivity contribution in [3.63, 3.8) is 0 Å². The Balaban J connectivity index is 2.16. The van der Waals surface area contributed by atoms with Crippen LogP contribution < -0.4 is 15.4 Å². The normalized spacial score (nSPS) is 20.6. The molecule has 1 aliphatic rings. The van der Waals surface area contributed by atoms with Crippen LogP contribution in [0.1, 0.15) is 20.8 Å². The third kappa shape index (κ3) is 2.95. The molecule has 0 saturated carbocycles. The van der Waals surface area contributed by atoms with Crippen LogP contribution in [0, 0.1) is 0 Å². The summed E-state index contributed by atoms with van der Waals surface area (Å²) in [5.74, 6) is 0.797. The molecule has 1 unspecified atom stereocenters. The molecular formula is C15H25N3O. The lowest BCUT2D eigenvalue weighted by atomic mass is 10.1. The molecule has 1 aliphatic heterocycles. The fourth-order valence-corrected chi connectivity index (χ4v) is 2.77. The lowest BCUT2D eigenvalue weighted by Gasteiger charge is -2.41. The minimum atomic E-state index is 0.564. The van der Waals surface area contributed by atoms with Crippen LogP contribution in [-0.4, -0.2) is 43.7 Å². The predicted octanol–water partition coefficient (Wildman–Crippen LogP) is 2.20. The highest BCUT2D eigenvalue weighted by Gasteiger charge is 2.24. The molecule has 1 heterocycles. The number of para-hydroxylation sites is 1. The zero-order valence-corrected chi connectivity index (χ0v) is 12.2. The molecule has 19 heavy (non-hydrogen) atoms. The highest BCUT2D eigenvalue weighted by atomic mass is 16.5. The molecule has 0 radical (unpaired) electrons. The van der Waals surface area contributed by atoms with Gasteiger partial charge < -0.3 is 15.4 Å². The number of nitrogen functional groups attached to an aromatic ring is 1. The first-order chi connectivity index (χ1) is 9.17. The maximum absolute atomic E-state index is 6.23.